The number of rotatable bonds is 48. The Bertz CT molecular complexity index is 1210. The van der Waals surface area contributed by atoms with E-state index < -0.39 is 12.1 Å². The van der Waals surface area contributed by atoms with Crippen LogP contribution >= 0.6 is 0 Å². The van der Waals surface area contributed by atoms with E-state index in [4.69, 9.17) is 14.2 Å². The van der Waals surface area contributed by atoms with Crippen molar-refractivity contribution in [2.75, 3.05) is 13.2 Å². The van der Waals surface area contributed by atoms with E-state index in [0.717, 1.165) is 70.6 Å². The van der Waals surface area contributed by atoms with Crippen LogP contribution in [0.15, 0.2) is 72.9 Å². The third kappa shape index (κ3) is 49.9. The summed E-state index contributed by atoms with van der Waals surface area (Å²) in [5, 5.41) is 0. The summed E-state index contributed by atoms with van der Waals surface area (Å²) < 4.78 is 16.7. The van der Waals surface area contributed by atoms with Crippen molar-refractivity contribution in [1.82, 2.24) is 0 Å². The van der Waals surface area contributed by atoms with E-state index in [-0.39, 0.29) is 31.6 Å². The van der Waals surface area contributed by atoms with Gasteiger partial charge in [0.05, 0.1) is 6.42 Å². The predicted molar refractivity (Wildman–Crippen MR) is 274 cm³/mol. The van der Waals surface area contributed by atoms with Crippen LogP contribution in [0.4, 0.5) is 0 Å². The number of carbonyl (C=O) groups excluding carboxylic acids is 3. The van der Waals surface area contributed by atoms with Gasteiger partial charge < -0.3 is 14.2 Å². The second-order valence-electron chi connectivity index (χ2n) is 17.8. The molecular formula is C58H100O6. The number of carbonyl (C=O) groups is 3. The first-order chi connectivity index (χ1) is 31.5. The van der Waals surface area contributed by atoms with E-state index in [0.29, 0.717) is 12.8 Å². The summed E-state index contributed by atoms with van der Waals surface area (Å²) in [6, 6.07) is 0. The molecule has 0 radical (unpaired) electrons. The van der Waals surface area contributed by atoms with E-state index in [1.54, 1.807) is 6.08 Å². The monoisotopic (exact) mass is 893 g/mol. The Morgan fingerprint density at radius 1 is 0.344 bits per heavy atom. The van der Waals surface area contributed by atoms with Crippen molar-refractivity contribution in [2.45, 2.75) is 264 Å². The molecule has 64 heavy (non-hydrogen) atoms. The summed E-state index contributed by atoms with van der Waals surface area (Å²) in [7, 11) is 0. The molecule has 0 N–H and O–H groups in total. The van der Waals surface area contributed by atoms with Gasteiger partial charge in [-0.1, -0.05) is 241 Å². The maximum Gasteiger partial charge on any atom is 0.310 e. The summed E-state index contributed by atoms with van der Waals surface area (Å²) in [4.78, 5) is 37.9. The molecule has 1 atom stereocenters. The summed E-state index contributed by atoms with van der Waals surface area (Å²) in [6.45, 7) is 6.44. The van der Waals surface area contributed by atoms with Gasteiger partial charge in [0.15, 0.2) is 6.10 Å². The number of unbranched alkanes of at least 4 members (excludes halogenated alkanes) is 26. The maximum absolute atomic E-state index is 12.7. The minimum atomic E-state index is -0.828. The molecule has 0 aliphatic rings. The fraction of sp³-hybridized carbons (Fsp3) is 0.741. The zero-order chi connectivity index (χ0) is 46.5. The van der Waals surface area contributed by atoms with Gasteiger partial charge >= 0.3 is 17.9 Å². The zero-order valence-corrected chi connectivity index (χ0v) is 42.0. The van der Waals surface area contributed by atoms with Gasteiger partial charge in [0.25, 0.3) is 0 Å². The van der Waals surface area contributed by atoms with Crippen molar-refractivity contribution in [3.63, 3.8) is 0 Å². The third-order valence-corrected chi connectivity index (χ3v) is 11.5. The minimum absolute atomic E-state index is 0.0987. The highest BCUT2D eigenvalue weighted by atomic mass is 16.6. The normalized spacial score (nSPS) is 12.6. The predicted octanol–water partition coefficient (Wildman–Crippen LogP) is 17.8. The molecule has 6 heteroatoms. The summed E-state index contributed by atoms with van der Waals surface area (Å²) in [5.74, 6) is -1.04. The molecule has 0 saturated carbocycles. The molecule has 0 bridgehead atoms. The van der Waals surface area contributed by atoms with Crippen LogP contribution in [0.2, 0.25) is 0 Å². The first-order valence-corrected chi connectivity index (χ1v) is 26.9. The van der Waals surface area contributed by atoms with Crippen LogP contribution in [0.25, 0.3) is 0 Å². The molecule has 6 nitrogen and oxygen atoms in total. The van der Waals surface area contributed by atoms with Gasteiger partial charge in [-0.2, -0.15) is 0 Å². The van der Waals surface area contributed by atoms with Gasteiger partial charge in [0, 0.05) is 12.8 Å². The van der Waals surface area contributed by atoms with Crippen molar-refractivity contribution in [2.24, 2.45) is 0 Å². The molecule has 0 spiro atoms. The smallest absolute Gasteiger partial charge is 0.310 e. The van der Waals surface area contributed by atoms with Gasteiger partial charge in [-0.3, -0.25) is 14.4 Å². The second kappa shape index (κ2) is 52.5. The fourth-order valence-electron chi connectivity index (χ4n) is 7.45. The molecule has 0 saturated heterocycles. The quantitative estimate of drug-likeness (QED) is 0.0262. The second-order valence-corrected chi connectivity index (χ2v) is 17.8. The van der Waals surface area contributed by atoms with Crippen LogP contribution in [-0.2, 0) is 28.6 Å². The Balaban J connectivity index is 4.44. The lowest BCUT2D eigenvalue weighted by Crippen LogP contribution is -2.30. The van der Waals surface area contributed by atoms with Crippen LogP contribution in [0.1, 0.15) is 258 Å². The number of hydrogen-bond donors (Lipinski definition) is 0. The van der Waals surface area contributed by atoms with Crippen LogP contribution < -0.4 is 0 Å². The Labute approximate surface area is 395 Å². The molecule has 0 aliphatic carbocycles. The highest BCUT2D eigenvalue weighted by Gasteiger charge is 2.19. The van der Waals surface area contributed by atoms with Crippen LogP contribution in [0.3, 0.4) is 0 Å². The molecule has 1 unspecified atom stereocenters. The van der Waals surface area contributed by atoms with Crippen molar-refractivity contribution in [3.8, 4) is 0 Å². The molecule has 0 amide bonds. The van der Waals surface area contributed by atoms with Crippen LogP contribution in [0.5, 0.6) is 0 Å². The number of allylic oxidation sites excluding steroid dienone is 11. The Morgan fingerprint density at radius 2 is 0.656 bits per heavy atom. The highest BCUT2D eigenvalue weighted by Crippen LogP contribution is 2.15. The number of hydrogen-bond acceptors (Lipinski definition) is 6. The molecule has 0 aromatic rings. The molecule has 0 aromatic carbocycles. The van der Waals surface area contributed by atoms with Crippen molar-refractivity contribution in [1.29, 1.82) is 0 Å². The zero-order valence-electron chi connectivity index (χ0n) is 42.0. The molecule has 0 aromatic heterocycles. The summed E-state index contributed by atoms with van der Waals surface area (Å²) in [6.07, 6.45) is 66.3. The topological polar surface area (TPSA) is 78.9 Å². The first kappa shape index (κ1) is 60.9. The molecule has 368 valence electrons. The number of esters is 3. The van der Waals surface area contributed by atoms with Crippen LogP contribution in [-0.4, -0.2) is 37.2 Å². The summed E-state index contributed by atoms with van der Waals surface area (Å²) in [5.41, 5.74) is 0. The van der Waals surface area contributed by atoms with Crippen molar-refractivity contribution < 1.29 is 28.6 Å². The highest BCUT2D eigenvalue weighted by molar-refractivity contribution is 5.72. The minimum Gasteiger partial charge on any atom is -0.462 e. The van der Waals surface area contributed by atoms with E-state index in [2.05, 4.69) is 81.5 Å². The van der Waals surface area contributed by atoms with Crippen LogP contribution in [0, 0.1) is 0 Å². The van der Waals surface area contributed by atoms with E-state index >= 15 is 0 Å². The van der Waals surface area contributed by atoms with E-state index in [1.165, 1.54) is 148 Å². The average molecular weight is 893 g/mol. The molecule has 0 rings (SSSR count). The van der Waals surface area contributed by atoms with Gasteiger partial charge in [0.1, 0.15) is 13.2 Å². The van der Waals surface area contributed by atoms with E-state index in [9.17, 15) is 14.4 Å². The Morgan fingerprint density at radius 3 is 1.02 bits per heavy atom. The standard InChI is InChI=1S/C58H100O6/c1-4-7-10-13-16-19-22-25-27-28-29-30-32-33-36-39-42-45-48-51-57(60)63-54-55(53-62-56(59)50-47-44-41-38-35-24-21-18-15-12-9-6-3)64-58(61)52-49-46-43-40-37-34-31-26-23-20-17-14-11-8-5-2/h8,11,17,20,25-27,31,37,40,46,49,55H,4-7,9-10,12-16,18-19,21-24,28-30,32-36,38-39,41-45,47-48,50-54H2,1-3H3/b11-8-,20-17-,27-25-,31-26-,40-37-,49-46-. The lowest BCUT2D eigenvalue weighted by atomic mass is 10.0. The summed E-state index contributed by atoms with van der Waals surface area (Å²) >= 11 is 0. The van der Waals surface area contributed by atoms with Crippen molar-refractivity contribution in [3.05, 3.63) is 72.9 Å². The lowest BCUT2D eigenvalue weighted by molar-refractivity contribution is -0.166. The molecule has 0 fully saturated rings. The van der Waals surface area contributed by atoms with Gasteiger partial charge in [0.2, 0.25) is 0 Å². The lowest BCUT2D eigenvalue weighted by Gasteiger charge is -2.18. The SMILES string of the molecule is CC/C=C\C/C=C\C/C=C\C/C=C\C/C=C\CC(=O)OC(COC(=O)CCCCCCCCCCC/C=C\CCCCCCCC)COC(=O)CCCCCCCCCCCCCC. The Kier molecular flexibility index (Phi) is 49.9. The fourth-order valence-corrected chi connectivity index (χ4v) is 7.45. The molecule has 0 heterocycles. The molecule has 0 aliphatic heterocycles. The third-order valence-electron chi connectivity index (χ3n) is 11.5. The van der Waals surface area contributed by atoms with E-state index in [1.807, 2.05) is 6.08 Å². The molecular weight excluding hydrogens is 793 g/mol. The average Bonchev–Trinajstić information content (AvgIpc) is 3.29. The van der Waals surface area contributed by atoms with Gasteiger partial charge in [-0.05, 0) is 70.6 Å². The Hall–Kier alpha value is -3.15. The van der Waals surface area contributed by atoms with Gasteiger partial charge in [-0.25, -0.2) is 0 Å². The first-order valence-electron chi connectivity index (χ1n) is 26.9. The van der Waals surface area contributed by atoms with Gasteiger partial charge in [-0.15, -0.1) is 0 Å². The number of ether oxygens (including phenoxy) is 3. The maximum atomic E-state index is 12.7. The largest absolute Gasteiger partial charge is 0.462 e. The van der Waals surface area contributed by atoms with Crippen molar-refractivity contribution >= 4 is 17.9 Å².